The fourth-order valence-electron chi connectivity index (χ4n) is 4.30. The lowest BCUT2D eigenvalue weighted by atomic mass is 10.0. The van der Waals surface area contributed by atoms with Crippen molar-refractivity contribution in [3.8, 4) is 22.8 Å². The van der Waals surface area contributed by atoms with Crippen LogP contribution in [-0.2, 0) is 24.0 Å². The number of fused-ring (bicyclic) bond motifs is 1. The first kappa shape index (κ1) is 37.3. The maximum atomic E-state index is 13.1. The molecule has 15 nitrogen and oxygen atoms in total. The molecule has 262 valence electrons. The molecular weight excluding hydrogens is 738 g/mol. The largest absolute Gasteiger partial charge is 0.493 e. The number of carboxylic acid groups (broad SMARTS) is 2. The summed E-state index contributed by atoms with van der Waals surface area (Å²) in [5, 5.41) is 26.6. The molecule has 0 unspecified atom stereocenters. The number of nitrogens with two attached hydrogens (primary N) is 1. The Balaban J connectivity index is 0.000000698. The van der Waals surface area contributed by atoms with Crippen LogP contribution in [0.5, 0.6) is 11.5 Å². The Labute approximate surface area is 291 Å². The van der Waals surface area contributed by atoms with E-state index in [2.05, 4.69) is 20.4 Å². The van der Waals surface area contributed by atoms with Crippen LogP contribution in [-0.4, -0.2) is 105 Å². The van der Waals surface area contributed by atoms with E-state index >= 15 is 0 Å². The number of aromatic nitrogens is 2. The first-order chi connectivity index (χ1) is 23.2. The molecule has 2 atom stereocenters. The molecule has 22 heteroatoms. The van der Waals surface area contributed by atoms with Crippen LogP contribution >= 0.6 is 46.2 Å². The molecule has 49 heavy (non-hydrogen) atoms. The zero-order valence-electron chi connectivity index (χ0n) is 25.3. The van der Waals surface area contributed by atoms with Crippen LogP contribution in [0.1, 0.15) is 5.69 Å². The van der Waals surface area contributed by atoms with Crippen LogP contribution in [0.4, 0.5) is 18.3 Å². The SMILES string of the molecule is CON=C(C(=O)N[C@@H]1C(=O)N2C(C(=O)O)=C(CSc3nc(-c4ccc(OC)c(OC)c4)cs3)CS[C@@H]12)c1csc(N)n1.O=C(O)C(F)(F)F. The molecular formula is C27H25F3N6O9S4. The second-order valence-electron chi connectivity index (χ2n) is 9.47. The minimum absolute atomic E-state index is 0.0727. The summed E-state index contributed by atoms with van der Waals surface area (Å²) in [7, 11) is 4.41. The van der Waals surface area contributed by atoms with E-state index in [1.165, 1.54) is 46.9 Å². The van der Waals surface area contributed by atoms with Gasteiger partial charge in [-0.1, -0.05) is 16.9 Å². The highest BCUT2D eigenvalue weighted by Gasteiger charge is 2.54. The number of amides is 2. The van der Waals surface area contributed by atoms with Gasteiger partial charge in [0.25, 0.3) is 11.8 Å². The maximum absolute atomic E-state index is 13.1. The number of β-lactam (4-membered cyclic amide) rings is 1. The summed E-state index contributed by atoms with van der Waals surface area (Å²) >= 11 is 5.33. The fourth-order valence-corrected chi connectivity index (χ4v) is 8.16. The Bertz CT molecular complexity index is 1810. The highest BCUT2D eigenvalue weighted by Crippen LogP contribution is 2.42. The number of halogens is 3. The minimum Gasteiger partial charge on any atom is -0.493 e. The van der Waals surface area contributed by atoms with Crippen LogP contribution < -0.4 is 20.5 Å². The van der Waals surface area contributed by atoms with Gasteiger partial charge >= 0.3 is 18.1 Å². The Morgan fingerprint density at radius 1 is 1.12 bits per heavy atom. The number of thioether (sulfide) groups is 2. The van der Waals surface area contributed by atoms with Gasteiger partial charge in [0.15, 0.2) is 26.7 Å². The zero-order chi connectivity index (χ0) is 36.0. The summed E-state index contributed by atoms with van der Waals surface area (Å²) in [5.74, 6) is -3.28. The molecule has 0 saturated carbocycles. The second-order valence-corrected chi connectivity index (χ2v) is 13.5. The molecule has 4 heterocycles. The predicted octanol–water partition coefficient (Wildman–Crippen LogP) is 3.38. The van der Waals surface area contributed by atoms with Gasteiger partial charge in [-0.05, 0) is 23.8 Å². The summed E-state index contributed by atoms with van der Waals surface area (Å²) in [6, 6.07) is 4.59. The number of thiazole rings is 2. The fraction of sp³-hybridized carbons (Fsp3) is 0.296. The molecule has 5 N–H and O–H groups in total. The first-order valence-corrected chi connectivity index (χ1v) is 17.1. The highest BCUT2D eigenvalue weighted by molar-refractivity contribution is 8.01. The van der Waals surface area contributed by atoms with E-state index in [4.69, 9.17) is 29.9 Å². The number of nitrogen functional groups attached to an aromatic ring is 1. The molecule has 2 aromatic heterocycles. The molecule has 1 fully saturated rings. The molecule has 1 aromatic carbocycles. The van der Waals surface area contributed by atoms with Crippen molar-refractivity contribution in [1.82, 2.24) is 20.2 Å². The van der Waals surface area contributed by atoms with Crippen LogP contribution in [0.3, 0.4) is 0 Å². The van der Waals surface area contributed by atoms with Crippen molar-refractivity contribution >= 4 is 80.8 Å². The third-order valence-corrected chi connectivity index (χ3v) is 10.6. The lowest BCUT2D eigenvalue weighted by Gasteiger charge is -2.49. The zero-order valence-corrected chi connectivity index (χ0v) is 28.6. The average Bonchev–Trinajstić information content (AvgIpc) is 3.73. The van der Waals surface area contributed by atoms with Crippen LogP contribution in [0.25, 0.3) is 11.3 Å². The number of nitrogens with zero attached hydrogens (tertiary/aromatic N) is 4. The summed E-state index contributed by atoms with van der Waals surface area (Å²) < 4.78 is 43.2. The lowest BCUT2D eigenvalue weighted by molar-refractivity contribution is -0.192. The Kier molecular flexibility index (Phi) is 12.0. The number of oxime groups is 1. The Hall–Kier alpha value is -4.54. The van der Waals surface area contributed by atoms with Crippen molar-refractivity contribution in [2.45, 2.75) is 21.9 Å². The van der Waals surface area contributed by atoms with E-state index in [9.17, 15) is 32.7 Å². The van der Waals surface area contributed by atoms with E-state index < -0.39 is 41.3 Å². The number of hydrogen-bond acceptors (Lipinski definition) is 15. The number of hydrogen-bond donors (Lipinski definition) is 4. The Morgan fingerprint density at radius 3 is 2.39 bits per heavy atom. The number of carboxylic acids is 2. The van der Waals surface area contributed by atoms with Gasteiger partial charge in [-0.2, -0.15) is 13.2 Å². The number of carbonyl (C=O) groups is 4. The number of ether oxygens (including phenoxy) is 2. The molecule has 2 aliphatic rings. The second kappa shape index (κ2) is 15.8. The number of carbonyl (C=O) groups excluding carboxylic acids is 2. The van der Waals surface area contributed by atoms with Gasteiger partial charge in [0.05, 0.1) is 19.9 Å². The summed E-state index contributed by atoms with van der Waals surface area (Å²) in [6.07, 6.45) is -5.08. The van der Waals surface area contributed by atoms with Gasteiger partial charge in [0, 0.05) is 27.8 Å². The van der Waals surface area contributed by atoms with Gasteiger partial charge in [0.1, 0.15) is 29.9 Å². The molecule has 0 aliphatic carbocycles. The van der Waals surface area contributed by atoms with Crippen LogP contribution in [0, 0.1) is 0 Å². The molecule has 0 radical (unpaired) electrons. The smallest absolute Gasteiger partial charge is 0.490 e. The monoisotopic (exact) mass is 762 g/mol. The van der Waals surface area contributed by atoms with Crippen molar-refractivity contribution in [1.29, 1.82) is 0 Å². The average molecular weight is 763 g/mol. The van der Waals surface area contributed by atoms with E-state index in [0.29, 0.717) is 28.6 Å². The van der Waals surface area contributed by atoms with Crippen LogP contribution in [0.2, 0.25) is 0 Å². The summed E-state index contributed by atoms with van der Waals surface area (Å²) in [4.78, 5) is 62.0. The number of aliphatic carboxylic acids is 2. The predicted molar refractivity (Wildman–Crippen MR) is 175 cm³/mol. The third-order valence-electron chi connectivity index (χ3n) is 6.47. The number of alkyl halides is 3. The van der Waals surface area contributed by atoms with Crippen molar-refractivity contribution in [2.24, 2.45) is 5.16 Å². The number of anilines is 1. The molecule has 5 rings (SSSR count). The molecule has 0 spiro atoms. The maximum Gasteiger partial charge on any atom is 0.490 e. The van der Waals surface area contributed by atoms with Gasteiger partial charge in [0.2, 0.25) is 0 Å². The molecule has 2 amide bonds. The molecule has 0 bridgehead atoms. The summed E-state index contributed by atoms with van der Waals surface area (Å²) in [6.45, 7) is 0. The normalized spacial score (nSPS) is 17.3. The quantitative estimate of drug-likeness (QED) is 0.0954. The highest BCUT2D eigenvalue weighted by atomic mass is 32.2. The van der Waals surface area contributed by atoms with Crippen molar-refractivity contribution in [3.63, 3.8) is 0 Å². The van der Waals surface area contributed by atoms with Gasteiger partial charge < -0.3 is 35.6 Å². The molecule has 2 aliphatic heterocycles. The number of rotatable bonds is 11. The standard InChI is InChI=1S/C25H24N6O7S4.C2HF3O2/c1-36-15-5-4-11(6-16(15)37-2)13-9-42-25(28-13)41-8-12-7-39-22-18(21(33)31(22)19(12)23(34)35)29-20(32)17(30-38-3)14-10-40-24(26)27-14;3-2(4,5)1(6)7/h4-6,9-10,18,22H,7-8H2,1-3H3,(H2,26,27)(H,29,32)(H,34,35);(H,6,7)/t18-,22+;/m1./s1. The van der Waals surface area contributed by atoms with E-state index in [1.807, 2.05) is 17.5 Å². The van der Waals surface area contributed by atoms with Gasteiger partial charge in [-0.15, -0.1) is 34.4 Å². The van der Waals surface area contributed by atoms with Crippen molar-refractivity contribution in [3.05, 3.63) is 45.9 Å². The number of nitrogens with one attached hydrogen (secondary N) is 1. The third kappa shape index (κ3) is 8.55. The number of methoxy groups -OCH3 is 2. The van der Waals surface area contributed by atoms with Crippen molar-refractivity contribution < 1.29 is 56.9 Å². The topological polar surface area (TPSA) is 216 Å². The van der Waals surface area contributed by atoms with E-state index in [1.54, 1.807) is 25.7 Å². The lowest BCUT2D eigenvalue weighted by Crippen LogP contribution is -2.71. The van der Waals surface area contributed by atoms with E-state index in [0.717, 1.165) is 26.9 Å². The van der Waals surface area contributed by atoms with Gasteiger partial charge in [-0.3, -0.25) is 14.5 Å². The summed E-state index contributed by atoms with van der Waals surface area (Å²) in [5.41, 5.74) is 7.86. The molecule has 3 aromatic rings. The first-order valence-electron chi connectivity index (χ1n) is 13.3. The van der Waals surface area contributed by atoms with Crippen molar-refractivity contribution in [2.75, 3.05) is 38.6 Å². The van der Waals surface area contributed by atoms with E-state index in [-0.39, 0.29) is 22.2 Å². The number of benzene rings is 1. The Morgan fingerprint density at radius 2 is 1.82 bits per heavy atom. The molecule has 1 saturated heterocycles. The van der Waals surface area contributed by atoms with Crippen LogP contribution in [0.15, 0.2) is 49.7 Å². The minimum atomic E-state index is -5.08. The van der Waals surface area contributed by atoms with Gasteiger partial charge in [-0.25, -0.2) is 19.6 Å².